The summed E-state index contributed by atoms with van der Waals surface area (Å²) in [5.41, 5.74) is 4.33. The van der Waals surface area contributed by atoms with Crippen molar-refractivity contribution < 1.29 is 18.4 Å². The number of benzene rings is 1. The maximum atomic E-state index is 13.4. The number of rotatable bonds is 3. The highest BCUT2D eigenvalue weighted by atomic mass is 32.2. The average molecular weight is 384 g/mol. The smallest absolute Gasteiger partial charge is 0.262 e. The van der Waals surface area contributed by atoms with Gasteiger partial charge in [0.2, 0.25) is 10.0 Å². The molecule has 3 aliphatic rings. The van der Waals surface area contributed by atoms with Crippen molar-refractivity contribution in [3.05, 3.63) is 82.3 Å². The molecule has 2 N–H and O–H groups in total. The number of nitrogens with zero attached hydrogens (tertiary/aromatic N) is 1. The van der Waals surface area contributed by atoms with Gasteiger partial charge in [-0.15, -0.1) is 0 Å². The van der Waals surface area contributed by atoms with Crippen LogP contribution in [0.1, 0.15) is 17.5 Å². The first kappa shape index (κ1) is 17.9. The van der Waals surface area contributed by atoms with E-state index in [0.29, 0.717) is 0 Å². The van der Waals surface area contributed by atoms with Gasteiger partial charge < -0.3 is 0 Å². The maximum absolute atomic E-state index is 13.4. The Hall–Kier alpha value is -2.48. The van der Waals surface area contributed by atoms with Crippen molar-refractivity contribution in [3.8, 4) is 0 Å². The topological polar surface area (TPSA) is 86.7 Å². The molecule has 27 heavy (non-hydrogen) atoms. The summed E-state index contributed by atoms with van der Waals surface area (Å²) in [7, 11) is -3.91. The molecule has 6 nitrogen and oxygen atoms in total. The van der Waals surface area contributed by atoms with Crippen molar-refractivity contribution in [1.29, 1.82) is 0 Å². The molecule has 4 rings (SSSR count). The first-order valence-corrected chi connectivity index (χ1v) is 10.2. The monoisotopic (exact) mass is 384 g/mol. The van der Waals surface area contributed by atoms with Gasteiger partial charge in [-0.1, -0.05) is 48.6 Å². The van der Waals surface area contributed by atoms with Gasteiger partial charge in [-0.05, 0) is 41.7 Å². The summed E-state index contributed by atoms with van der Waals surface area (Å²) in [5.74, 6) is -0.543. The number of fused-ring (bicyclic) bond motifs is 2. The normalized spacial score (nSPS) is 24.5. The van der Waals surface area contributed by atoms with Crippen LogP contribution in [0.15, 0.2) is 71.2 Å². The molecule has 0 aromatic heterocycles. The molecule has 2 aliphatic carbocycles. The lowest BCUT2D eigenvalue weighted by Crippen LogP contribution is -2.52. The minimum atomic E-state index is -3.91. The predicted molar refractivity (Wildman–Crippen MR) is 101 cm³/mol. The van der Waals surface area contributed by atoms with Gasteiger partial charge in [0.1, 0.15) is 6.04 Å². The second kappa shape index (κ2) is 6.92. The fraction of sp³-hybridized carbons (Fsp3) is 0.250. The summed E-state index contributed by atoms with van der Waals surface area (Å²) in [6.45, 7) is 0.0875. The van der Waals surface area contributed by atoms with Gasteiger partial charge in [0.15, 0.2) is 0 Å². The molecule has 0 saturated carbocycles. The summed E-state index contributed by atoms with van der Waals surface area (Å²) in [6, 6.07) is 6.44. The lowest BCUT2D eigenvalue weighted by molar-refractivity contribution is -0.133. The summed E-state index contributed by atoms with van der Waals surface area (Å²) in [4.78, 5) is 12.4. The molecule has 140 valence electrons. The Morgan fingerprint density at radius 2 is 2.00 bits per heavy atom. The quantitative estimate of drug-likeness (QED) is 0.618. The first-order valence-electron chi connectivity index (χ1n) is 8.80. The van der Waals surface area contributed by atoms with E-state index in [4.69, 9.17) is 5.21 Å². The zero-order valence-electron chi connectivity index (χ0n) is 14.6. The van der Waals surface area contributed by atoms with Crippen LogP contribution < -0.4 is 5.48 Å². The Bertz CT molecular complexity index is 1000. The van der Waals surface area contributed by atoms with E-state index in [1.54, 1.807) is 17.6 Å². The van der Waals surface area contributed by atoms with Gasteiger partial charge in [0.05, 0.1) is 4.91 Å². The van der Waals surface area contributed by atoms with Crippen molar-refractivity contribution in [2.45, 2.75) is 25.4 Å². The van der Waals surface area contributed by atoms with E-state index in [1.807, 2.05) is 42.5 Å². The Balaban J connectivity index is 1.74. The molecule has 1 aromatic carbocycles. The largest absolute Gasteiger partial charge is 0.289 e. The Labute approximate surface area is 158 Å². The molecule has 0 spiro atoms. The highest BCUT2D eigenvalue weighted by Crippen LogP contribution is 2.34. The first-order chi connectivity index (χ1) is 13.0. The van der Waals surface area contributed by atoms with E-state index in [-0.39, 0.29) is 23.8 Å². The summed E-state index contributed by atoms with van der Waals surface area (Å²) >= 11 is 0. The predicted octanol–water partition coefficient (Wildman–Crippen LogP) is 2.20. The van der Waals surface area contributed by atoms with E-state index in [2.05, 4.69) is 6.08 Å². The van der Waals surface area contributed by atoms with Gasteiger partial charge in [0, 0.05) is 12.5 Å². The average Bonchev–Trinajstić information content (AvgIpc) is 2.71. The van der Waals surface area contributed by atoms with Crippen molar-refractivity contribution in [2.24, 2.45) is 5.92 Å². The van der Waals surface area contributed by atoms with Crippen molar-refractivity contribution in [2.75, 3.05) is 0 Å². The van der Waals surface area contributed by atoms with Crippen LogP contribution in [0.2, 0.25) is 0 Å². The summed E-state index contributed by atoms with van der Waals surface area (Å²) in [6.07, 6.45) is 12.1. The van der Waals surface area contributed by atoms with Gasteiger partial charge in [0.25, 0.3) is 5.91 Å². The van der Waals surface area contributed by atoms with Crippen LogP contribution in [0.25, 0.3) is 0 Å². The molecule has 0 bridgehead atoms. The molecule has 1 amide bonds. The second-order valence-electron chi connectivity index (χ2n) is 6.86. The van der Waals surface area contributed by atoms with E-state index in [9.17, 15) is 13.2 Å². The number of sulfonamides is 1. The fourth-order valence-corrected chi connectivity index (χ4v) is 5.40. The van der Waals surface area contributed by atoms with E-state index in [0.717, 1.165) is 23.1 Å². The molecule has 0 saturated heterocycles. The van der Waals surface area contributed by atoms with Crippen LogP contribution in [-0.2, 0) is 27.8 Å². The fourth-order valence-electron chi connectivity index (χ4n) is 3.78. The molecule has 0 fully saturated rings. The van der Waals surface area contributed by atoms with Crippen molar-refractivity contribution >= 4 is 15.9 Å². The zero-order chi connectivity index (χ0) is 19.0. The SMILES string of the molecule is O=C(NO)C1Cc2ccccc2CN1S(=O)(=O)C1=CC2=CC=CCC2C=C1. The van der Waals surface area contributed by atoms with Gasteiger partial charge >= 0.3 is 0 Å². The highest BCUT2D eigenvalue weighted by molar-refractivity contribution is 7.93. The molecule has 0 radical (unpaired) electrons. The van der Waals surface area contributed by atoms with Gasteiger partial charge in [-0.25, -0.2) is 13.9 Å². The van der Waals surface area contributed by atoms with Crippen LogP contribution >= 0.6 is 0 Å². The maximum Gasteiger partial charge on any atom is 0.262 e. The molecule has 2 atom stereocenters. The third-order valence-electron chi connectivity index (χ3n) is 5.27. The van der Waals surface area contributed by atoms with Crippen LogP contribution in [0.5, 0.6) is 0 Å². The molecular formula is C20H20N2O4S. The minimum Gasteiger partial charge on any atom is -0.289 e. The second-order valence-corrected chi connectivity index (χ2v) is 8.75. The molecule has 1 aromatic rings. The van der Waals surface area contributed by atoms with Gasteiger partial charge in [-0.2, -0.15) is 4.31 Å². The van der Waals surface area contributed by atoms with Crippen LogP contribution in [-0.4, -0.2) is 29.9 Å². The zero-order valence-corrected chi connectivity index (χ0v) is 15.4. The van der Waals surface area contributed by atoms with E-state index >= 15 is 0 Å². The summed E-state index contributed by atoms with van der Waals surface area (Å²) < 4.78 is 27.9. The van der Waals surface area contributed by atoms with Gasteiger partial charge in [-0.3, -0.25) is 10.0 Å². The molecule has 7 heteroatoms. The number of allylic oxidation sites excluding steroid dienone is 7. The van der Waals surface area contributed by atoms with Crippen LogP contribution in [0.4, 0.5) is 0 Å². The number of hydrogen-bond acceptors (Lipinski definition) is 4. The number of amides is 1. The third kappa shape index (κ3) is 3.18. The molecular weight excluding hydrogens is 364 g/mol. The number of hydrogen-bond donors (Lipinski definition) is 2. The number of hydroxylamine groups is 1. The lowest BCUT2D eigenvalue weighted by Gasteiger charge is -2.35. The number of nitrogens with one attached hydrogen (secondary N) is 1. The highest BCUT2D eigenvalue weighted by Gasteiger charge is 2.40. The van der Waals surface area contributed by atoms with Crippen molar-refractivity contribution in [3.63, 3.8) is 0 Å². The number of carbonyl (C=O) groups is 1. The van der Waals surface area contributed by atoms with E-state index in [1.165, 1.54) is 4.31 Å². The molecule has 1 aliphatic heterocycles. The summed E-state index contributed by atoms with van der Waals surface area (Å²) in [5, 5.41) is 9.12. The Morgan fingerprint density at radius 3 is 2.78 bits per heavy atom. The number of carbonyl (C=O) groups excluding carboxylic acids is 1. The van der Waals surface area contributed by atoms with Crippen LogP contribution in [0, 0.1) is 5.92 Å². The Kier molecular flexibility index (Phi) is 4.59. The lowest BCUT2D eigenvalue weighted by atomic mass is 9.88. The van der Waals surface area contributed by atoms with Crippen molar-refractivity contribution in [1.82, 2.24) is 9.79 Å². The Morgan fingerprint density at radius 1 is 1.22 bits per heavy atom. The molecule has 2 unspecified atom stereocenters. The standard InChI is InChI=1S/C20H20N2O4S/c23-20(21-24)19-12-16-7-3-4-8-17(16)13-22(19)27(25,26)18-10-9-14-5-1-2-6-15(14)11-18/h1-4,6-11,14,19,24H,5,12-13H2,(H,21,23). The minimum absolute atomic E-state index is 0.0875. The van der Waals surface area contributed by atoms with E-state index < -0.39 is 22.0 Å². The molecule has 1 heterocycles. The van der Waals surface area contributed by atoms with Crippen LogP contribution in [0.3, 0.4) is 0 Å². The third-order valence-corrected chi connectivity index (χ3v) is 7.12.